The van der Waals surface area contributed by atoms with E-state index in [1.54, 1.807) is 0 Å². The molecule has 1 saturated heterocycles. The second kappa shape index (κ2) is 3.51. The van der Waals surface area contributed by atoms with Crippen molar-refractivity contribution in [1.82, 2.24) is 10.8 Å². The quantitative estimate of drug-likeness (QED) is 0.682. The van der Waals surface area contributed by atoms with E-state index in [-0.39, 0.29) is 11.9 Å². The maximum absolute atomic E-state index is 11.2. The third-order valence-electron chi connectivity index (χ3n) is 3.14. The van der Waals surface area contributed by atoms with Crippen LogP contribution in [-0.2, 0) is 9.63 Å². The summed E-state index contributed by atoms with van der Waals surface area (Å²) in [6.07, 6.45) is 3.55. The predicted molar refractivity (Wildman–Crippen MR) is 52.4 cm³/mol. The molecule has 2 N–H and O–H groups in total. The van der Waals surface area contributed by atoms with Crippen LogP contribution in [0.1, 0.15) is 33.1 Å². The second-order valence-corrected chi connectivity index (χ2v) is 5.10. The van der Waals surface area contributed by atoms with Crippen molar-refractivity contribution >= 4 is 5.91 Å². The van der Waals surface area contributed by atoms with Gasteiger partial charge in [-0.1, -0.05) is 13.8 Å². The van der Waals surface area contributed by atoms with Crippen molar-refractivity contribution in [2.24, 2.45) is 5.41 Å². The average molecular weight is 198 g/mol. The molecule has 0 aromatic carbocycles. The molecule has 80 valence electrons. The summed E-state index contributed by atoms with van der Waals surface area (Å²) in [5.41, 5.74) is 2.79. The molecule has 14 heavy (non-hydrogen) atoms. The zero-order chi connectivity index (χ0) is 10.2. The zero-order valence-corrected chi connectivity index (χ0v) is 8.80. The Morgan fingerprint density at radius 2 is 2.36 bits per heavy atom. The zero-order valence-electron chi connectivity index (χ0n) is 8.80. The van der Waals surface area contributed by atoms with Gasteiger partial charge < -0.3 is 5.32 Å². The van der Waals surface area contributed by atoms with Crippen LogP contribution in [0.3, 0.4) is 0 Å². The predicted octanol–water partition coefficient (Wildman–Crippen LogP) is 0.585. The van der Waals surface area contributed by atoms with Crippen molar-refractivity contribution in [1.29, 1.82) is 0 Å². The molecular formula is C10H18N2O2. The summed E-state index contributed by atoms with van der Waals surface area (Å²) < 4.78 is 0. The second-order valence-electron chi connectivity index (χ2n) is 5.10. The fourth-order valence-corrected chi connectivity index (χ4v) is 2.33. The molecule has 1 amide bonds. The number of hydrogen-bond acceptors (Lipinski definition) is 3. The highest BCUT2D eigenvalue weighted by Gasteiger charge is 2.34. The van der Waals surface area contributed by atoms with Crippen LogP contribution in [0.5, 0.6) is 0 Å². The number of hydrogen-bond donors (Lipinski definition) is 2. The van der Waals surface area contributed by atoms with Crippen LogP contribution >= 0.6 is 0 Å². The Labute approximate surface area is 84.3 Å². The largest absolute Gasteiger partial charge is 0.301 e. The Morgan fingerprint density at radius 3 is 2.86 bits per heavy atom. The minimum Gasteiger partial charge on any atom is -0.301 e. The minimum atomic E-state index is -0.145. The maximum Gasteiger partial charge on any atom is 0.263 e. The van der Waals surface area contributed by atoms with Crippen molar-refractivity contribution in [3.63, 3.8) is 0 Å². The van der Waals surface area contributed by atoms with Crippen LogP contribution in [0.15, 0.2) is 0 Å². The van der Waals surface area contributed by atoms with E-state index >= 15 is 0 Å². The van der Waals surface area contributed by atoms with E-state index in [9.17, 15) is 4.79 Å². The van der Waals surface area contributed by atoms with Gasteiger partial charge in [-0.05, 0) is 24.7 Å². The highest BCUT2D eigenvalue weighted by atomic mass is 16.7. The topological polar surface area (TPSA) is 50.4 Å². The third kappa shape index (κ3) is 2.07. The molecule has 2 atom stereocenters. The first-order chi connectivity index (χ1) is 6.57. The van der Waals surface area contributed by atoms with E-state index in [0.717, 1.165) is 12.8 Å². The molecule has 1 aliphatic heterocycles. The molecule has 2 rings (SSSR count). The van der Waals surface area contributed by atoms with Crippen LogP contribution in [-0.4, -0.2) is 24.6 Å². The lowest BCUT2D eigenvalue weighted by Gasteiger charge is -2.19. The Balaban J connectivity index is 1.84. The summed E-state index contributed by atoms with van der Waals surface area (Å²) in [4.78, 5) is 16.1. The highest BCUT2D eigenvalue weighted by Crippen LogP contribution is 2.37. The Bertz CT molecular complexity index is 240. The molecule has 0 spiro atoms. The summed E-state index contributed by atoms with van der Waals surface area (Å²) >= 11 is 0. The molecule has 1 heterocycles. The lowest BCUT2D eigenvalue weighted by Crippen LogP contribution is -2.43. The molecule has 4 heteroatoms. The number of carbonyl (C=O) groups is 1. The lowest BCUT2D eigenvalue weighted by atomic mass is 9.92. The van der Waals surface area contributed by atoms with E-state index in [0.29, 0.717) is 18.1 Å². The van der Waals surface area contributed by atoms with E-state index < -0.39 is 0 Å². The van der Waals surface area contributed by atoms with Gasteiger partial charge >= 0.3 is 0 Å². The summed E-state index contributed by atoms with van der Waals surface area (Å²) in [6.45, 7) is 5.01. The van der Waals surface area contributed by atoms with Gasteiger partial charge in [-0.2, -0.15) is 0 Å². The number of nitrogens with one attached hydrogen (secondary N) is 2. The lowest BCUT2D eigenvalue weighted by molar-refractivity contribution is -0.125. The highest BCUT2D eigenvalue weighted by molar-refractivity contribution is 5.82. The van der Waals surface area contributed by atoms with Gasteiger partial charge in [-0.3, -0.25) is 9.63 Å². The van der Waals surface area contributed by atoms with Gasteiger partial charge in [-0.25, -0.2) is 5.48 Å². The summed E-state index contributed by atoms with van der Waals surface area (Å²) in [5, 5.41) is 3.35. The van der Waals surface area contributed by atoms with Gasteiger partial charge in [0.1, 0.15) is 6.04 Å². The van der Waals surface area contributed by atoms with Gasteiger partial charge in [0, 0.05) is 6.04 Å². The van der Waals surface area contributed by atoms with Gasteiger partial charge in [0.05, 0.1) is 6.61 Å². The van der Waals surface area contributed by atoms with Crippen molar-refractivity contribution in [3.8, 4) is 0 Å². The SMILES string of the molecule is CC1(C)CCC(NC2CONC2=O)C1. The smallest absolute Gasteiger partial charge is 0.263 e. The van der Waals surface area contributed by atoms with Crippen LogP contribution in [0.4, 0.5) is 0 Å². The van der Waals surface area contributed by atoms with Crippen molar-refractivity contribution in [2.45, 2.75) is 45.2 Å². The van der Waals surface area contributed by atoms with E-state index in [2.05, 4.69) is 24.6 Å². The summed E-state index contributed by atoms with van der Waals surface area (Å²) in [6, 6.07) is 0.330. The Kier molecular flexibility index (Phi) is 2.49. The van der Waals surface area contributed by atoms with Crippen LogP contribution < -0.4 is 10.8 Å². The monoisotopic (exact) mass is 198 g/mol. The van der Waals surface area contributed by atoms with Crippen molar-refractivity contribution < 1.29 is 9.63 Å². The molecule has 2 fully saturated rings. The molecule has 1 aliphatic carbocycles. The maximum atomic E-state index is 11.2. The molecule has 1 saturated carbocycles. The molecule has 4 nitrogen and oxygen atoms in total. The van der Waals surface area contributed by atoms with Gasteiger partial charge in [0.15, 0.2) is 0 Å². The number of rotatable bonds is 2. The average Bonchev–Trinajstić information content (AvgIpc) is 2.61. The van der Waals surface area contributed by atoms with Crippen molar-refractivity contribution in [2.75, 3.05) is 6.61 Å². The Morgan fingerprint density at radius 1 is 1.57 bits per heavy atom. The van der Waals surface area contributed by atoms with Gasteiger partial charge in [-0.15, -0.1) is 0 Å². The van der Waals surface area contributed by atoms with E-state index in [4.69, 9.17) is 4.84 Å². The molecular weight excluding hydrogens is 180 g/mol. The normalized spacial score (nSPS) is 36.0. The van der Waals surface area contributed by atoms with E-state index in [1.807, 2.05) is 0 Å². The molecule has 2 aliphatic rings. The van der Waals surface area contributed by atoms with Crippen molar-refractivity contribution in [3.05, 3.63) is 0 Å². The molecule has 0 aromatic rings. The van der Waals surface area contributed by atoms with Crippen LogP contribution in [0.25, 0.3) is 0 Å². The van der Waals surface area contributed by atoms with Gasteiger partial charge in [0.2, 0.25) is 0 Å². The molecule has 2 unspecified atom stereocenters. The fraction of sp³-hybridized carbons (Fsp3) is 0.900. The summed E-state index contributed by atoms with van der Waals surface area (Å²) in [7, 11) is 0. The fourth-order valence-electron chi connectivity index (χ4n) is 2.33. The third-order valence-corrected chi connectivity index (χ3v) is 3.14. The summed E-state index contributed by atoms with van der Waals surface area (Å²) in [5.74, 6) is -0.0327. The number of hydroxylamine groups is 1. The van der Waals surface area contributed by atoms with E-state index in [1.165, 1.54) is 6.42 Å². The molecule has 0 aromatic heterocycles. The number of amides is 1. The first kappa shape index (κ1) is 9.93. The first-order valence-corrected chi connectivity index (χ1v) is 5.24. The first-order valence-electron chi connectivity index (χ1n) is 5.24. The number of carbonyl (C=O) groups excluding carboxylic acids is 1. The standard InChI is InChI=1S/C10H18N2O2/c1-10(2)4-3-7(5-10)11-8-6-14-12-9(8)13/h7-8,11H,3-6H2,1-2H3,(H,12,13). The molecule has 0 radical (unpaired) electrons. The minimum absolute atomic E-state index is 0.0327. The Hall–Kier alpha value is -0.610. The van der Waals surface area contributed by atoms with Gasteiger partial charge in [0.25, 0.3) is 5.91 Å². The van der Waals surface area contributed by atoms with Crippen LogP contribution in [0.2, 0.25) is 0 Å². The molecule has 0 bridgehead atoms. The van der Waals surface area contributed by atoms with Crippen LogP contribution in [0, 0.1) is 5.41 Å².